The first kappa shape index (κ1) is 12.7. The molecule has 0 amide bonds. The normalized spacial score (nSPS) is 19.6. The van der Waals surface area contributed by atoms with E-state index in [4.69, 9.17) is 4.74 Å². The number of halogens is 1. The minimum Gasteiger partial charge on any atom is -0.485 e. The molecule has 1 aromatic carbocycles. The maximum atomic E-state index is 9.38. The van der Waals surface area contributed by atoms with Gasteiger partial charge in [-0.1, -0.05) is 35.4 Å². The van der Waals surface area contributed by atoms with E-state index in [1.165, 1.54) is 0 Å². The first-order valence-electron chi connectivity index (χ1n) is 6.00. The molecule has 2 rings (SSSR count). The molecule has 1 aromatic rings. The van der Waals surface area contributed by atoms with Crippen molar-refractivity contribution in [3.05, 3.63) is 34.3 Å². The van der Waals surface area contributed by atoms with Crippen LogP contribution in [0, 0.1) is 5.92 Å². The number of hydrogen-bond donors (Lipinski definition) is 1. The SMILES string of the molecule is CCC[C@@H](CO)[C@H]1C=Cc2cc(Br)ccc2O1. The average Bonchev–Trinajstić information content (AvgIpc) is 2.35. The molecule has 1 aliphatic heterocycles. The molecule has 0 radical (unpaired) electrons. The van der Waals surface area contributed by atoms with Crippen LogP contribution in [0.15, 0.2) is 28.7 Å². The van der Waals surface area contributed by atoms with E-state index in [-0.39, 0.29) is 18.6 Å². The van der Waals surface area contributed by atoms with E-state index in [0.29, 0.717) is 0 Å². The molecule has 3 heteroatoms. The predicted octanol–water partition coefficient (Wildman–Crippen LogP) is 3.63. The zero-order valence-corrected chi connectivity index (χ0v) is 11.5. The third kappa shape index (κ3) is 2.90. The van der Waals surface area contributed by atoms with Crippen LogP contribution in [0.5, 0.6) is 5.75 Å². The second-order valence-corrected chi connectivity index (χ2v) is 5.27. The summed E-state index contributed by atoms with van der Waals surface area (Å²) in [5.74, 6) is 1.09. The summed E-state index contributed by atoms with van der Waals surface area (Å²) >= 11 is 3.44. The Morgan fingerprint density at radius 1 is 1.47 bits per heavy atom. The minimum atomic E-state index is -0.00590. The van der Waals surface area contributed by atoms with E-state index in [0.717, 1.165) is 28.6 Å². The molecule has 0 saturated carbocycles. The van der Waals surface area contributed by atoms with Crippen molar-refractivity contribution in [1.29, 1.82) is 0 Å². The van der Waals surface area contributed by atoms with Crippen LogP contribution in [0.25, 0.3) is 6.08 Å². The predicted molar refractivity (Wildman–Crippen MR) is 73.1 cm³/mol. The second kappa shape index (κ2) is 5.69. The molecule has 92 valence electrons. The summed E-state index contributed by atoms with van der Waals surface area (Å²) in [6, 6.07) is 5.98. The van der Waals surface area contributed by atoms with Gasteiger partial charge in [0.1, 0.15) is 11.9 Å². The summed E-state index contributed by atoms with van der Waals surface area (Å²) in [6.07, 6.45) is 6.16. The van der Waals surface area contributed by atoms with Gasteiger partial charge in [0.25, 0.3) is 0 Å². The fourth-order valence-corrected chi connectivity index (χ4v) is 2.50. The van der Waals surface area contributed by atoms with E-state index in [1.54, 1.807) is 0 Å². The van der Waals surface area contributed by atoms with Gasteiger partial charge in [-0.2, -0.15) is 0 Å². The van der Waals surface area contributed by atoms with Crippen molar-refractivity contribution in [3.63, 3.8) is 0 Å². The lowest BCUT2D eigenvalue weighted by molar-refractivity contribution is 0.110. The van der Waals surface area contributed by atoms with Crippen LogP contribution in [0.3, 0.4) is 0 Å². The van der Waals surface area contributed by atoms with Gasteiger partial charge in [0.2, 0.25) is 0 Å². The number of rotatable bonds is 4. The number of aliphatic hydroxyl groups excluding tert-OH is 1. The summed E-state index contributed by atoms with van der Waals surface area (Å²) in [5, 5.41) is 9.38. The maximum Gasteiger partial charge on any atom is 0.127 e. The molecule has 1 N–H and O–H groups in total. The van der Waals surface area contributed by atoms with Crippen molar-refractivity contribution in [1.82, 2.24) is 0 Å². The molecule has 17 heavy (non-hydrogen) atoms. The molecule has 1 aliphatic rings. The number of ether oxygens (including phenoxy) is 1. The highest BCUT2D eigenvalue weighted by Crippen LogP contribution is 2.31. The first-order valence-corrected chi connectivity index (χ1v) is 6.79. The van der Waals surface area contributed by atoms with Crippen LogP contribution in [-0.2, 0) is 0 Å². The van der Waals surface area contributed by atoms with Gasteiger partial charge in [0.15, 0.2) is 0 Å². The standard InChI is InChI=1S/C14H17BrO2/c1-2-3-11(9-16)14-6-4-10-8-12(15)5-7-13(10)17-14/h4-8,11,14,16H,2-3,9H2,1H3/t11-,14+/m0/s1. The van der Waals surface area contributed by atoms with E-state index in [9.17, 15) is 5.11 Å². The Hall–Kier alpha value is -0.800. The van der Waals surface area contributed by atoms with E-state index in [1.807, 2.05) is 24.3 Å². The first-order chi connectivity index (χ1) is 8.24. The third-order valence-corrected chi connectivity index (χ3v) is 3.55. The van der Waals surface area contributed by atoms with E-state index < -0.39 is 0 Å². The highest BCUT2D eigenvalue weighted by Gasteiger charge is 2.23. The van der Waals surface area contributed by atoms with Gasteiger partial charge in [0.05, 0.1) is 0 Å². The van der Waals surface area contributed by atoms with Gasteiger partial charge in [-0.05, 0) is 30.7 Å². The minimum absolute atomic E-state index is 0.00590. The maximum absolute atomic E-state index is 9.38. The lowest BCUT2D eigenvalue weighted by Crippen LogP contribution is -2.29. The Kier molecular flexibility index (Phi) is 4.24. The van der Waals surface area contributed by atoms with Gasteiger partial charge in [0, 0.05) is 22.6 Å². The van der Waals surface area contributed by atoms with Gasteiger partial charge in [-0.15, -0.1) is 0 Å². The van der Waals surface area contributed by atoms with Crippen LogP contribution >= 0.6 is 15.9 Å². The van der Waals surface area contributed by atoms with Crippen molar-refractivity contribution < 1.29 is 9.84 Å². The van der Waals surface area contributed by atoms with Crippen LogP contribution in [0.1, 0.15) is 25.3 Å². The smallest absolute Gasteiger partial charge is 0.127 e. The fraction of sp³-hybridized carbons (Fsp3) is 0.429. The van der Waals surface area contributed by atoms with Crippen molar-refractivity contribution in [2.24, 2.45) is 5.92 Å². The van der Waals surface area contributed by atoms with Crippen LogP contribution in [0.2, 0.25) is 0 Å². The number of fused-ring (bicyclic) bond motifs is 1. The van der Waals surface area contributed by atoms with E-state index >= 15 is 0 Å². The van der Waals surface area contributed by atoms with Gasteiger partial charge in [-0.3, -0.25) is 0 Å². The molecule has 0 spiro atoms. The molecular weight excluding hydrogens is 280 g/mol. The average molecular weight is 297 g/mol. The monoisotopic (exact) mass is 296 g/mol. The molecule has 0 fully saturated rings. The van der Waals surface area contributed by atoms with Crippen molar-refractivity contribution in [2.45, 2.75) is 25.9 Å². The highest BCUT2D eigenvalue weighted by molar-refractivity contribution is 9.10. The summed E-state index contributed by atoms with van der Waals surface area (Å²) in [6.45, 7) is 2.30. The Morgan fingerprint density at radius 2 is 2.29 bits per heavy atom. The summed E-state index contributed by atoms with van der Waals surface area (Å²) < 4.78 is 6.98. The molecule has 0 unspecified atom stereocenters. The Morgan fingerprint density at radius 3 is 3.00 bits per heavy atom. The topological polar surface area (TPSA) is 29.5 Å². The van der Waals surface area contributed by atoms with Crippen molar-refractivity contribution in [3.8, 4) is 5.75 Å². The zero-order valence-electron chi connectivity index (χ0n) is 9.90. The Bertz CT molecular complexity index is 415. The van der Waals surface area contributed by atoms with Crippen molar-refractivity contribution >= 4 is 22.0 Å². The van der Waals surface area contributed by atoms with Crippen LogP contribution < -0.4 is 4.74 Å². The quantitative estimate of drug-likeness (QED) is 0.919. The second-order valence-electron chi connectivity index (χ2n) is 4.36. The molecule has 2 nitrogen and oxygen atoms in total. The molecule has 1 heterocycles. The van der Waals surface area contributed by atoms with Crippen molar-refractivity contribution in [2.75, 3.05) is 6.61 Å². The number of benzene rings is 1. The molecule has 0 aliphatic carbocycles. The molecule has 0 aromatic heterocycles. The zero-order chi connectivity index (χ0) is 12.3. The number of hydrogen-bond acceptors (Lipinski definition) is 2. The van der Waals surface area contributed by atoms with E-state index in [2.05, 4.69) is 28.9 Å². The van der Waals surface area contributed by atoms with Crippen LogP contribution in [-0.4, -0.2) is 17.8 Å². The number of aliphatic hydroxyl groups is 1. The largest absolute Gasteiger partial charge is 0.485 e. The lowest BCUT2D eigenvalue weighted by Gasteiger charge is -2.27. The molecule has 0 bridgehead atoms. The highest BCUT2D eigenvalue weighted by atomic mass is 79.9. The summed E-state index contributed by atoms with van der Waals surface area (Å²) in [7, 11) is 0. The summed E-state index contributed by atoms with van der Waals surface area (Å²) in [4.78, 5) is 0. The summed E-state index contributed by atoms with van der Waals surface area (Å²) in [5.41, 5.74) is 1.09. The lowest BCUT2D eigenvalue weighted by atomic mass is 9.95. The molecular formula is C14H17BrO2. The van der Waals surface area contributed by atoms with Gasteiger partial charge in [-0.25, -0.2) is 0 Å². The molecule has 2 atom stereocenters. The van der Waals surface area contributed by atoms with Gasteiger partial charge >= 0.3 is 0 Å². The fourth-order valence-electron chi connectivity index (χ4n) is 2.12. The van der Waals surface area contributed by atoms with Crippen LogP contribution in [0.4, 0.5) is 0 Å². The molecule has 0 saturated heterocycles. The Balaban J connectivity index is 2.16. The Labute approximate surface area is 110 Å². The third-order valence-electron chi connectivity index (χ3n) is 3.06. The van der Waals surface area contributed by atoms with Gasteiger partial charge < -0.3 is 9.84 Å².